The largest absolute Gasteiger partial charge is 0.487 e. The Morgan fingerprint density at radius 3 is 2.61 bits per heavy atom. The molecular formula is C25H27NO5. The Kier molecular flexibility index (Phi) is 6.67. The first kappa shape index (κ1) is 21.1. The van der Waals surface area contributed by atoms with E-state index in [2.05, 4.69) is 4.98 Å². The summed E-state index contributed by atoms with van der Waals surface area (Å²) in [5.41, 5.74) is 2.62. The number of oxazole rings is 1. The van der Waals surface area contributed by atoms with Crippen LogP contribution in [0.1, 0.15) is 36.8 Å². The van der Waals surface area contributed by atoms with Gasteiger partial charge in [-0.25, -0.2) is 4.98 Å². The molecule has 1 aliphatic heterocycles. The molecule has 1 fully saturated rings. The summed E-state index contributed by atoms with van der Waals surface area (Å²) in [5, 5.41) is 0. The lowest BCUT2D eigenvalue weighted by Gasteiger charge is -2.25. The quantitative estimate of drug-likeness (QED) is 0.495. The third kappa shape index (κ3) is 5.52. The SMILES string of the molecule is Cc1oc(-c2ccccc2)nc1COc1ccc(COC(=O)C2CCOC(C)C2)cc1. The molecule has 1 saturated heterocycles. The monoisotopic (exact) mass is 421 g/mol. The van der Waals surface area contributed by atoms with E-state index in [1.165, 1.54) is 0 Å². The third-order valence-electron chi connectivity index (χ3n) is 5.41. The molecule has 2 aromatic carbocycles. The first-order chi connectivity index (χ1) is 15.1. The van der Waals surface area contributed by atoms with Gasteiger partial charge in [0.2, 0.25) is 5.89 Å². The summed E-state index contributed by atoms with van der Waals surface area (Å²) < 4.78 is 22.6. The molecule has 0 N–H and O–H groups in total. The molecular weight excluding hydrogens is 394 g/mol. The van der Waals surface area contributed by atoms with E-state index in [4.69, 9.17) is 18.6 Å². The number of hydrogen-bond acceptors (Lipinski definition) is 6. The fourth-order valence-electron chi connectivity index (χ4n) is 3.58. The van der Waals surface area contributed by atoms with E-state index >= 15 is 0 Å². The molecule has 0 aliphatic carbocycles. The van der Waals surface area contributed by atoms with Crippen molar-refractivity contribution in [1.29, 1.82) is 0 Å². The first-order valence-electron chi connectivity index (χ1n) is 10.6. The van der Waals surface area contributed by atoms with Gasteiger partial charge in [-0.1, -0.05) is 30.3 Å². The molecule has 0 amide bonds. The Labute approximate surface area is 182 Å². The van der Waals surface area contributed by atoms with Crippen molar-refractivity contribution < 1.29 is 23.4 Å². The lowest BCUT2D eigenvalue weighted by Crippen LogP contribution is -2.29. The summed E-state index contributed by atoms with van der Waals surface area (Å²) >= 11 is 0. The van der Waals surface area contributed by atoms with Crippen molar-refractivity contribution in [2.24, 2.45) is 5.92 Å². The van der Waals surface area contributed by atoms with Crippen LogP contribution in [0, 0.1) is 12.8 Å². The lowest BCUT2D eigenvalue weighted by atomic mass is 9.96. The fourth-order valence-corrected chi connectivity index (χ4v) is 3.58. The van der Waals surface area contributed by atoms with Crippen molar-refractivity contribution in [2.75, 3.05) is 6.61 Å². The highest BCUT2D eigenvalue weighted by Crippen LogP contribution is 2.24. The van der Waals surface area contributed by atoms with Crippen molar-refractivity contribution in [3.05, 3.63) is 71.6 Å². The highest BCUT2D eigenvalue weighted by atomic mass is 16.5. The van der Waals surface area contributed by atoms with Gasteiger partial charge in [0, 0.05) is 12.2 Å². The Morgan fingerprint density at radius 1 is 1.10 bits per heavy atom. The Morgan fingerprint density at radius 2 is 1.87 bits per heavy atom. The van der Waals surface area contributed by atoms with E-state index in [0.717, 1.165) is 41.2 Å². The van der Waals surface area contributed by atoms with E-state index in [1.807, 2.05) is 68.4 Å². The van der Waals surface area contributed by atoms with Crippen LogP contribution in [0.15, 0.2) is 59.0 Å². The zero-order valence-corrected chi connectivity index (χ0v) is 17.9. The maximum atomic E-state index is 12.3. The van der Waals surface area contributed by atoms with Crippen LogP contribution in [0.2, 0.25) is 0 Å². The van der Waals surface area contributed by atoms with Crippen molar-refractivity contribution in [3.63, 3.8) is 0 Å². The maximum Gasteiger partial charge on any atom is 0.309 e. The van der Waals surface area contributed by atoms with Gasteiger partial charge >= 0.3 is 5.97 Å². The van der Waals surface area contributed by atoms with Crippen molar-refractivity contribution in [2.45, 2.75) is 46.0 Å². The second kappa shape index (κ2) is 9.79. The molecule has 6 heteroatoms. The average molecular weight is 421 g/mol. The number of esters is 1. The minimum Gasteiger partial charge on any atom is -0.487 e. The van der Waals surface area contributed by atoms with Crippen LogP contribution < -0.4 is 4.74 Å². The van der Waals surface area contributed by atoms with Crippen molar-refractivity contribution >= 4 is 5.97 Å². The fraction of sp³-hybridized carbons (Fsp3) is 0.360. The molecule has 2 atom stereocenters. The first-order valence-corrected chi connectivity index (χ1v) is 10.6. The van der Waals surface area contributed by atoms with Crippen LogP contribution in [-0.2, 0) is 27.5 Å². The Balaban J connectivity index is 1.28. The lowest BCUT2D eigenvalue weighted by molar-refractivity contribution is -0.154. The molecule has 6 nitrogen and oxygen atoms in total. The molecule has 162 valence electrons. The minimum absolute atomic E-state index is 0.0715. The predicted molar refractivity (Wildman–Crippen MR) is 115 cm³/mol. The van der Waals surface area contributed by atoms with Crippen LogP contribution >= 0.6 is 0 Å². The van der Waals surface area contributed by atoms with Crippen LogP contribution in [0.3, 0.4) is 0 Å². The van der Waals surface area contributed by atoms with Gasteiger partial charge < -0.3 is 18.6 Å². The second-order valence-electron chi connectivity index (χ2n) is 7.83. The molecule has 0 bridgehead atoms. The topological polar surface area (TPSA) is 70.8 Å². The number of benzene rings is 2. The maximum absolute atomic E-state index is 12.3. The van der Waals surface area contributed by atoms with Crippen LogP contribution in [0.5, 0.6) is 5.75 Å². The summed E-state index contributed by atoms with van der Waals surface area (Å²) in [4.78, 5) is 16.8. The van der Waals surface area contributed by atoms with Crippen LogP contribution in [0.25, 0.3) is 11.5 Å². The zero-order valence-electron chi connectivity index (χ0n) is 17.9. The second-order valence-corrected chi connectivity index (χ2v) is 7.83. The molecule has 0 radical (unpaired) electrons. The standard InChI is InChI=1S/C25H27NO5/c1-17-14-21(12-13-28-17)25(27)30-15-19-8-10-22(11-9-19)29-16-23-18(2)31-24(26-23)20-6-4-3-5-7-20/h3-11,17,21H,12-16H2,1-2H3. The average Bonchev–Trinajstić information content (AvgIpc) is 3.18. The van der Waals surface area contributed by atoms with Crippen LogP contribution in [0.4, 0.5) is 0 Å². The number of nitrogens with zero attached hydrogens (tertiary/aromatic N) is 1. The molecule has 1 aromatic heterocycles. The van der Waals surface area contributed by atoms with Gasteiger partial charge in [0.15, 0.2) is 0 Å². The van der Waals surface area contributed by atoms with E-state index in [1.54, 1.807) is 0 Å². The zero-order chi connectivity index (χ0) is 21.6. The summed E-state index contributed by atoms with van der Waals surface area (Å²) in [6.07, 6.45) is 1.56. The summed E-state index contributed by atoms with van der Waals surface area (Å²) in [6, 6.07) is 17.3. The highest BCUT2D eigenvalue weighted by molar-refractivity contribution is 5.72. The minimum atomic E-state index is -0.147. The predicted octanol–water partition coefficient (Wildman–Crippen LogP) is 5.09. The van der Waals surface area contributed by atoms with Gasteiger partial charge in [0.25, 0.3) is 0 Å². The number of aryl methyl sites for hydroxylation is 1. The number of aromatic nitrogens is 1. The summed E-state index contributed by atoms with van der Waals surface area (Å²) in [5.74, 6) is 1.83. The van der Waals surface area contributed by atoms with Crippen molar-refractivity contribution in [1.82, 2.24) is 4.98 Å². The number of carbonyl (C=O) groups is 1. The number of ether oxygens (including phenoxy) is 3. The van der Waals surface area contributed by atoms with Gasteiger partial charge in [-0.05, 0) is 56.5 Å². The van der Waals surface area contributed by atoms with E-state index in [0.29, 0.717) is 19.1 Å². The number of carbonyl (C=O) groups excluding carboxylic acids is 1. The molecule has 3 aromatic rings. The van der Waals surface area contributed by atoms with E-state index in [9.17, 15) is 4.79 Å². The van der Waals surface area contributed by atoms with Crippen LogP contribution in [-0.4, -0.2) is 23.7 Å². The smallest absolute Gasteiger partial charge is 0.309 e. The summed E-state index contributed by atoms with van der Waals surface area (Å²) in [6.45, 7) is 5.06. The Bertz CT molecular complexity index is 997. The van der Waals surface area contributed by atoms with Gasteiger partial charge in [-0.3, -0.25) is 4.79 Å². The third-order valence-corrected chi connectivity index (χ3v) is 5.41. The molecule has 0 saturated carbocycles. The van der Waals surface area contributed by atoms with E-state index < -0.39 is 0 Å². The molecule has 4 rings (SSSR count). The summed E-state index contributed by atoms with van der Waals surface area (Å²) in [7, 11) is 0. The molecule has 2 heterocycles. The van der Waals surface area contributed by atoms with Gasteiger partial charge in [0.05, 0.1) is 12.0 Å². The highest BCUT2D eigenvalue weighted by Gasteiger charge is 2.26. The molecule has 0 spiro atoms. The van der Waals surface area contributed by atoms with Crippen molar-refractivity contribution in [3.8, 4) is 17.2 Å². The van der Waals surface area contributed by atoms with Gasteiger partial charge in [-0.15, -0.1) is 0 Å². The molecule has 31 heavy (non-hydrogen) atoms. The normalized spacial score (nSPS) is 18.5. The molecule has 2 unspecified atom stereocenters. The van der Waals surface area contributed by atoms with E-state index in [-0.39, 0.29) is 24.6 Å². The molecule has 1 aliphatic rings. The Hall–Kier alpha value is -3.12. The van der Waals surface area contributed by atoms with Gasteiger partial charge in [-0.2, -0.15) is 0 Å². The number of rotatable bonds is 7. The van der Waals surface area contributed by atoms with Gasteiger partial charge in [0.1, 0.15) is 30.4 Å². The number of hydrogen-bond donors (Lipinski definition) is 0.